The van der Waals surface area contributed by atoms with E-state index in [4.69, 9.17) is 0 Å². The van der Waals surface area contributed by atoms with E-state index in [-0.39, 0.29) is 16.8 Å². The summed E-state index contributed by atoms with van der Waals surface area (Å²) in [7, 11) is 1.47. The van der Waals surface area contributed by atoms with Gasteiger partial charge in [-0.15, -0.1) is 0 Å². The maximum atomic E-state index is 12.6. The SMILES string of the molecule is CN1C(=O)S/C(=C/c2cc(-c3ccccc3)n(-c3ccc([N+](=O)[O-])cc3)c2-c2ccccc2)C1=O. The van der Waals surface area contributed by atoms with Crippen LogP contribution in [0.3, 0.4) is 0 Å². The Morgan fingerprint density at radius 2 is 1.46 bits per heavy atom. The number of amides is 2. The lowest BCUT2D eigenvalue weighted by Gasteiger charge is -2.15. The molecule has 1 fully saturated rings. The predicted octanol–water partition coefficient (Wildman–Crippen LogP) is 6.39. The van der Waals surface area contributed by atoms with Crippen molar-refractivity contribution in [1.82, 2.24) is 9.47 Å². The molecule has 172 valence electrons. The predicted molar refractivity (Wildman–Crippen MR) is 137 cm³/mol. The maximum absolute atomic E-state index is 12.6. The molecule has 0 spiro atoms. The molecule has 0 N–H and O–H groups in total. The molecule has 2 heterocycles. The van der Waals surface area contributed by atoms with Crippen LogP contribution in [0.15, 0.2) is 95.9 Å². The number of carbonyl (C=O) groups excluding carboxylic acids is 2. The van der Waals surface area contributed by atoms with E-state index in [0.29, 0.717) is 4.91 Å². The van der Waals surface area contributed by atoms with Gasteiger partial charge in [0, 0.05) is 30.4 Å². The fourth-order valence-electron chi connectivity index (χ4n) is 4.03. The fourth-order valence-corrected chi connectivity index (χ4v) is 4.85. The summed E-state index contributed by atoms with van der Waals surface area (Å²) in [5, 5.41) is 10.9. The monoisotopic (exact) mass is 481 g/mol. The molecule has 1 saturated heterocycles. The molecule has 4 aromatic rings. The molecular weight excluding hydrogens is 462 g/mol. The van der Waals surface area contributed by atoms with Crippen LogP contribution in [0.1, 0.15) is 5.56 Å². The van der Waals surface area contributed by atoms with Gasteiger partial charge < -0.3 is 4.57 Å². The molecular formula is C27H19N3O4S. The van der Waals surface area contributed by atoms with Crippen molar-refractivity contribution in [2.24, 2.45) is 0 Å². The second-order valence-corrected chi connectivity index (χ2v) is 8.91. The van der Waals surface area contributed by atoms with Crippen molar-refractivity contribution >= 4 is 34.7 Å². The van der Waals surface area contributed by atoms with E-state index in [1.807, 2.05) is 71.3 Å². The number of benzene rings is 3. The number of nitro groups is 1. The van der Waals surface area contributed by atoms with Crippen molar-refractivity contribution in [2.45, 2.75) is 0 Å². The molecule has 1 aliphatic rings. The maximum Gasteiger partial charge on any atom is 0.293 e. The zero-order valence-electron chi connectivity index (χ0n) is 18.6. The minimum atomic E-state index is -0.429. The van der Waals surface area contributed by atoms with Gasteiger partial charge in [-0.25, -0.2) is 0 Å². The van der Waals surface area contributed by atoms with Crippen LogP contribution in [0.4, 0.5) is 10.5 Å². The average Bonchev–Trinajstić information content (AvgIpc) is 3.38. The van der Waals surface area contributed by atoms with Crippen LogP contribution in [0.2, 0.25) is 0 Å². The third-order valence-electron chi connectivity index (χ3n) is 5.74. The number of thioether (sulfide) groups is 1. The third kappa shape index (κ3) is 4.15. The summed E-state index contributed by atoms with van der Waals surface area (Å²) in [6.45, 7) is 0. The van der Waals surface area contributed by atoms with Crippen LogP contribution in [-0.4, -0.2) is 32.6 Å². The Balaban J connectivity index is 1.81. The van der Waals surface area contributed by atoms with Gasteiger partial charge in [-0.2, -0.15) is 0 Å². The van der Waals surface area contributed by atoms with Crippen LogP contribution in [0, 0.1) is 10.1 Å². The Bertz CT molecular complexity index is 1480. The van der Waals surface area contributed by atoms with Gasteiger partial charge in [0.1, 0.15) is 0 Å². The molecule has 8 heteroatoms. The number of rotatable bonds is 5. The highest BCUT2D eigenvalue weighted by Crippen LogP contribution is 2.39. The van der Waals surface area contributed by atoms with Crippen molar-refractivity contribution in [2.75, 3.05) is 7.05 Å². The lowest BCUT2D eigenvalue weighted by Crippen LogP contribution is -2.22. The highest BCUT2D eigenvalue weighted by atomic mass is 32.2. The number of nitro benzene ring substituents is 1. The third-order valence-corrected chi connectivity index (χ3v) is 6.70. The first-order valence-corrected chi connectivity index (χ1v) is 11.6. The molecule has 0 radical (unpaired) electrons. The Labute approximate surface area is 205 Å². The van der Waals surface area contributed by atoms with Crippen LogP contribution in [-0.2, 0) is 4.79 Å². The number of imide groups is 1. The van der Waals surface area contributed by atoms with E-state index in [1.54, 1.807) is 18.2 Å². The number of nitrogens with zero attached hydrogens (tertiary/aromatic N) is 3. The van der Waals surface area contributed by atoms with Gasteiger partial charge in [-0.1, -0.05) is 60.7 Å². The van der Waals surface area contributed by atoms with Crippen LogP contribution in [0.5, 0.6) is 0 Å². The van der Waals surface area contributed by atoms with E-state index >= 15 is 0 Å². The van der Waals surface area contributed by atoms with Crippen LogP contribution < -0.4 is 0 Å². The molecule has 2 amide bonds. The summed E-state index contributed by atoms with van der Waals surface area (Å²) in [5.74, 6) is -0.344. The summed E-state index contributed by atoms with van der Waals surface area (Å²) in [5.41, 5.74) is 4.98. The summed E-state index contributed by atoms with van der Waals surface area (Å²) in [6.07, 6.45) is 1.74. The normalized spacial score (nSPS) is 14.7. The zero-order valence-corrected chi connectivity index (χ0v) is 19.4. The molecule has 1 aromatic heterocycles. The molecule has 1 aliphatic heterocycles. The van der Waals surface area contributed by atoms with E-state index in [9.17, 15) is 19.7 Å². The quantitative estimate of drug-likeness (QED) is 0.187. The molecule has 0 saturated carbocycles. The Morgan fingerprint density at radius 3 is 2.00 bits per heavy atom. The van der Waals surface area contributed by atoms with Crippen molar-refractivity contribution in [3.63, 3.8) is 0 Å². The first kappa shape index (κ1) is 22.4. The number of aromatic nitrogens is 1. The number of hydrogen-bond acceptors (Lipinski definition) is 5. The molecule has 0 bridgehead atoms. The lowest BCUT2D eigenvalue weighted by molar-refractivity contribution is -0.384. The molecule has 5 rings (SSSR count). The Hall–Kier alpha value is -4.43. The largest absolute Gasteiger partial charge is 0.309 e. The minimum absolute atomic E-state index is 0.000252. The van der Waals surface area contributed by atoms with Crippen molar-refractivity contribution in [3.8, 4) is 28.2 Å². The van der Waals surface area contributed by atoms with E-state index in [2.05, 4.69) is 0 Å². The molecule has 35 heavy (non-hydrogen) atoms. The first-order valence-electron chi connectivity index (χ1n) is 10.8. The van der Waals surface area contributed by atoms with Crippen LogP contribution in [0.25, 0.3) is 34.3 Å². The van der Waals surface area contributed by atoms with Gasteiger partial charge in [-0.05, 0) is 47.2 Å². The zero-order chi connectivity index (χ0) is 24.5. The lowest BCUT2D eigenvalue weighted by atomic mass is 10.1. The molecule has 7 nitrogen and oxygen atoms in total. The second-order valence-electron chi connectivity index (χ2n) is 7.92. The summed E-state index contributed by atoms with van der Waals surface area (Å²) >= 11 is 0.907. The van der Waals surface area contributed by atoms with Gasteiger partial charge in [0.2, 0.25) is 0 Å². The summed E-state index contributed by atoms with van der Waals surface area (Å²) in [6, 6.07) is 27.8. The molecule has 0 aliphatic carbocycles. The van der Waals surface area contributed by atoms with Gasteiger partial charge in [0.15, 0.2) is 0 Å². The molecule has 0 atom stereocenters. The highest BCUT2D eigenvalue weighted by Gasteiger charge is 2.32. The smallest absolute Gasteiger partial charge is 0.293 e. The van der Waals surface area contributed by atoms with Gasteiger partial charge in [0.25, 0.3) is 16.8 Å². The van der Waals surface area contributed by atoms with Crippen molar-refractivity contribution in [1.29, 1.82) is 0 Å². The second kappa shape index (κ2) is 9.08. The molecule has 0 unspecified atom stereocenters. The summed E-state index contributed by atoms with van der Waals surface area (Å²) in [4.78, 5) is 37.0. The first-order chi connectivity index (χ1) is 16.9. The number of non-ortho nitro benzene ring substituents is 1. The molecule has 3 aromatic carbocycles. The minimum Gasteiger partial charge on any atom is -0.309 e. The van der Waals surface area contributed by atoms with Crippen molar-refractivity contribution < 1.29 is 14.5 Å². The Kier molecular flexibility index (Phi) is 5.80. The Morgan fingerprint density at radius 1 is 0.857 bits per heavy atom. The van der Waals surface area contributed by atoms with E-state index in [0.717, 1.165) is 50.4 Å². The van der Waals surface area contributed by atoms with Gasteiger partial charge in [-0.3, -0.25) is 24.6 Å². The topological polar surface area (TPSA) is 85.4 Å². The number of carbonyl (C=O) groups is 2. The van der Waals surface area contributed by atoms with Crippen molar-refractivity contribution in [3.05, 3.63) is 112 Å². The van der Waals surface area contributed by atoms with Gasteiger partial charge >= 0.3 is 0 Å². The average molecular weight is 482 g/mol. The highest BCUT2D eigenvalue weighted by molar-refractivity contribution is 8.18. The number of hydrogen-bond donors (Lipinski definition) is 0. The fraction of sp³-hybridized carbons (Fsp3) is 0.0370. The summed E-state index contributed by atoms with van der Waals surface area (Å²) < 4.78 is 2.02. The van der Waals surface area contributed by atoms with E-state index in [1.165, 1.54) is 19.2 Å². The van der Waals surface area contributed by atoms with Crippen LogP contribution >= 0.6 is 11.8 Å². The van der Waals surface area contributed by atoms with E-state index < -0.39 is 4.92 Å². The van der Waals surface area contributed by atoms with Gasteiger partial charge in [0.05, 0.1) is 21.2 Å². The number of likely N-dealkylation sites (N-methyl/N-ethyl adjacent to an activating group) is 1. The standard InChI is InChI=1S/C27H19N3O4S/c1-28-26(31)24(35-27(28)32)17-20-16-23(18-8-4-2-5-9-18)29(25(20)19-10-6-3-7-11-19)21-12-14-22(15-13-21)30(33)34/h2-17H,1H3/b24-17+.